The number of sulfonamides is 1. The van der Waals surface area contributed by atoms with E-state index in [1.54, 1.807) is 28.6 Å². The maximum atomic E-state index is 12.8. The zero-order chi connectivity index (χ0) is 19.4. The summed E-state index contributed by atoms with van der Waals surface area (Å²) in [5.74, 6) is -0.259. The fourth-order valence-corrected chi connectivity index (χ4v) is 5.19. The van der Waals surface area contributed by atoms with Gasteiger partial charge in [-0.2, -0.15) is 4.31 Å². The third-order valence-corrected chi connectivity index (χ3v) is 7.07. The van der Waals surface area contributed by atoms with Gasteiger partial charge in [-0.25, -0.2) is 8.42 Å². The Morgan fingerprint density at radius 3 is 2.59 bits per heavy atom. The number of benzene rings is 2. The third kappa shape index (κ3) is 4.69. The number of piperidine rings is 1. The topological polar surface area (TPSA) is 66.5 Å². The molecule has 1 atom stereocenters. The van der Waals surface area contributed by atoms with Crippen molar-refractivity contribution in [1.82, 2.24) is 9.62 Å². The molecule has 0 saturated carbocycles. The van der Waals surface area contributed by atoms with Crippen molar-refractivity contribution in [2.24, 2.45) is 0 Å². The summed E-state index contributed by atoms with van der Waals surface area (Å²) in [6.07, 6.45) is 2.82. The van der Waals surface area contributed by atoms with Crippen molar-refractivity contribution in [3.8, 4) is 0 Å². The van der Waals surface area contributed by atoms with Crippen LogP contribution < -0.4 is 5.32 Å². The molecule has 0 aliphatic carbocycles. The second-order valence-corrected chi connectivity index (χ2v) is 9.12. The largest absolute Gasteiger partial charge is 0.348 e. The molecule has 2 aromatic rings. The zero-order valence-electron chi connectivity index (χ0n) is 15.2. The van der Waals surface area contributed by atoms with Crippen molar-refractivity contribution in [1.29, 1.82) is 0 Å². The molecule has 1 amide bonds. The molecule has 3 rings (SSSR count). The number of nitrogens with zero attached hydrogens (tertiary/aromatic N) is 1. The summed E-state index contributed by atoms with van der Waals surface area (Å²) in [7, 11) is -3.53. The lowest BCUT2D eigenvalue weighted by Crippen LogP contribution is -2.41. The molecule has 0 bridgehead atoms. The van der Waals surface area contributed by atoms with Gasteiger partial charge in [0.1, 0.15) is 0 Å². The van der Waals surface area contributed by atoms with Crippen LogP contribution in [0.25, 0.3) is 0 Å². The molecule has 0 spiro atoms. The van der Waals surface area contributed by atoms with E-state index in [4.69, 9.17) is 11.6 Å². The first-order chi connectivity index (χ1) is 12.9. The predicted molar refractivity (Wildman–Crippen MR) is 106 cm³/mol. The van der Waals surface area contributed by atoms with E-state index in [1.165, 1.54) is 12.1 Å². The van der Waals surface area contributed by atoms with Crippen molar-refractivity contribution in [3.63, 3.8) is 0 Å². The van der Waals surface area contributed by atoms with Crippen LogP contribution in [0.15, 0.2) is 53.4 Å². The summed E-state index contributed by atoms with van der Waals surface area (Å²) in [4.78, 5) is 12.5. The van der Waals surface area contributed by atoms with E-state index < -0.39 is 10.0 Å². The van der Waals surface area contributed by atoms with Crippen molar-refractivity contribution in [3.05, 3.63) is 64.7 Å². The molecular formula is C20H23ClN2O3S. The molecule has 0 unspecified atom stereocenters. The lowest BCUT2D eigenvalue weighted by Gasteiger charge is -2.32. The van der Waals surface area contributed by atoms with Gasteiger partial charge < -0.3 is 5.32 Å². The minimum atomic E-state index is -3.53. The molecule has 1 fully saturated rings. The van der Waals surface area contributed by atoms with Gasteiger partial charge in [0.2, 0.25) is 10.0 Å². The van der Waals surface area contributed by atoms with Crippen LogP contribution in [0.5, 0.6) is 0 Å². The molecule has 0 radical (unpaired) electrons. The van der Waals surface area contributed by atoms with Gasteiger partial charge in [0.05, 0.1) is 4.90 Å². The minimum absolute atomic E-state index is 0.00409. The molecule has 1 aliphatic rings. The van der Waals surface area contributed by atoms with E-state index in [1.807, 2.05) is 19.1 Å². The average Bonchev–Trinajstić information content (AvgIpc) is 2.66. The third-order valence-electron chi connectivity index (χ3n) is 4.81. The Kier molecular flexibility index (Phi) is 6.19. The smallest absolute Gasteiger partial charge is 0.251 e. The van der Waals surface area contributed by atoms with Gasteiger partial charge in [-0.05, 0) is 61.7 Å². The van der Waals surface area contributed by atoms with Gasteiger partial charge in [-0.3, -0.25) is 4.79 Å². The molecule has 1 aliphatic heterocycles. The maximum Gasteiger partial charge on any atom is 0.251 e. The quantitative estimate of drug-likeness (QED) is 0.820. The van der Waals surface area contributed by atoms with Crippen molar-refractivity contribution < 1.29 is 13.2 Å². The summed E-state index contributed by atoms with van der Waals surface area (Å²) < 4.78 is 27.2. The van der Waals surface area contributed by atoms with Gasteiger partial charge in [0, 0.05) is 29.7 Å². The van der Waals surface area contributed by atoms with Crippen LogP contribution in [0.3, 0.4) is 0 Å². The van der Waals surface area contributed by atoms with Gasteiger partial charge in [0.15, 0.2) is 0 Å². The molecule has 0 aromatic heterocycles. The van der Waals surface area contributed by atoms with Crippen LogP contribution in [-0.2, 0) is 16.6 Å². The fourth-order valence-electron chi connectivity index (χ4n) is 3.27. The molecule has 1 heterocycles. The summed E-state index contributed by atoms with van der Waals surface area (Å²) >= 11 is 5.94. The highest BCUT2D eigenvalue weighted by molar-refractivity contribution is 7.89. The Bertz CT molecular complexity index is 913. The zero-order valence-corrected chi connectivity index (χ0v) is 16.8. The van der Waals surface area contributed by atoms with Gasteiger partial charge in [0.25, 0.3) is 5.91 Å². The van der Waals surface area contributed by atoms with E-state index in [0.717, 1.165) is 24.8 Å². The highest BCUT2D eigenvalue weighted by atomic mass is 35.5. The Morgan fingerprint density at radius 2 is 1.93 bits per heavy atom. The molecule has 27 heavy (non-hydrogen) atoms. The van der Waals surface area contributed by atoms with Gasteiger partial charge in [-0.15, -0.1) is 0 Å². The van der Waals surface area contributed by atoms with E-state index in [9.17, 15) is 13.2 Å². The lowest BCUT2D eigenvalue weighted by atomic mass is 10.1. The number of halogens is 1. The number of nitrogens with one attached hydrogen (secondary N) is 1. The average molecular weight is 407 g/mol. The number of carbonyl (C=O) groups is 1. The Morgan fingerprint density at radius 1 is 1.19 bits per heavy atom. The lowest BCUT2D eigenvalue weighted by molar-refractivity contribution is 0.0951. The standard InChI is InChI=1S/C20H23ClN2O3S/c1-15-5-2-3-12-23(15)27(25,26)19-10-8-17(9-11-19)20(24)22-14-16-6-4-7-18(21)13-16/h4,6-11,13,15H,2-3,5,12,14H2,1H3,(H,22,24)/t15-/m0/s1. The van der Waals surface area contributed by atoms with Crippen molar-refractivity contribution in [2.45, 2.75) is 43.7 Å². The Labute approximate surface area is 165 Å². The van der Waals surface area contributed by atoms with Crippen LogP contribution in [-0.4, -0.2) is 31.2 Å². The Hall–Kier alpha value is -1.89. The van der Waals surface area contributed by atoms with Crippen molar-refractivity contribution in [2.75, 3.05) is 6.54 Å². The number of amides is 1. The molecule has 2 aromatic carbocycles. The summed E-state index contributed by atoms with van der Waals surface area (Å²) in [5, 5.41) is 3.43. The molecular weight excluding hydrogens is 384 g/mol. The van der Waals surface area contributed by atoms with E-state index >= 15 is 0 Å². The first-order valence-corrected chi connectivity index (χ1v) is 10.8. The van der Waals surface area contributed by atoms with Gasteiger partial charge >= 0.3 is 0 Å². The van der Waals surface area contributed by atoms with Crippen LogP contribution in [0, 0.1) is 0 Å². The van der Waals surface area contributed by atoms with Gasteiger partial charge in [-0.1, -0.05) is 30.2 Å². The fraction of sp³-hybridized carbons (Fsp3) is 0.350. The maximum absolute atomic E-state index is 12.8. The van der Waals surface area contributed by atoms with Crippen LogP contribution >= 0.6 is 11.6 Å². The molecule has 1 N–H and O–H groups in total. The highest BCUT2D eigenvalue weighted by Gasteiger charge is 2.30. The molecule has 144 valence electrons. The van der Waals surface area contributed by atoms with E-state index in [2.05, 4.69) is 5.32 Å². The molecule has 5 nitrogen and oxygen atoms in total. The SMILES string of the molecule is C[C@H]1CCCCN1S(=O)(=O)c1ccc(C(=O)NCc2cccc(Cl)c2)cc1. The molecule has 7 heteroatoms. The molecule has 1 saturated heterocycles. The van der Waals surface area contributed by atoms with Crippen molar-refractivity contribution >= 4 is 27.5 Å². The van der Waals surface area contributed by atoms with Crippen LogP contribution in [0.1, 0.15) is 42.1 Å². The van der Waals surface area contributed by atoms with E-state index in [-0.39, 0.29) is 16.8 Å². The second-order valence-electron chi connectivity index (χ2n) is 6.80. The predicted octanol–water partition coefficient (Wildman–Crippen LogP) is 3.83. The van der Waals surface area contributed by atoms with Crippen LogP contribution in [0.2, 0.25) is 5.02 Å². The highest BCUT2D eigenvalue weighted by Crippen LogP contribution is 2.25. The normalized spacial score (nSPS) is 18.2. The van der Waals surface area contributed by atoms with Crippen LogP contribution in [0.4, 0.5) is 0 Å². The first-order valence-electron chi connectivity index (χ1n) is 9.02. The van der Waals surface area contributed by atoms with E-state index in [0.29, 0.717) is 23.7 Å². The summed E-state index contributed by atoms with van der Waals surface area (Å²) in [6.45, 7) is 2.84. The summed E-state index contributed by atoms with van der Waals surface area (Å²) in [5.41, 5.74) is 1.32. The first kappa shape index (κ1) is 19.9. The second kappa shape index (κ2) is 8.42. The number of hydrogen-bond acceptors (Lipinski definition) is 3. The summed E-state index contributed by atoms with van der Waals surface area (Å²) in [6, 6.07) is 13.4. The number of rotatable bonds is 5. The minimum Gasteiger partial charge on any atom is -0.348 e. The monoisotopic (exact) mass is 406 g/mol. The Balaban J connectivity index is 1.68. The number of carbonyl (C=O) groups excluding carboxylic acids is 1. The number of hydrogen-bond donors (Lipinski definition) is 1.